The number of nitrogens with one attached hydrogen (secondary N) is 1. The molecule has 1 aromatic rings. The summed E-state index contributed by atoms with van der Waals surface area (Å²) in [6.45, 7) is 9.17. The Morgan fingerprint density at radius 3 is 2.33 bits per heavy atom. The molecule has 0 aliphatic heterocycles. The van der Waals surface area contributed by atoms with Crippen LogP contribution >= 0.6 is 0 Å². The van der Waals surface area contributed by atoms with Crippen LogP contribution in [0.5, 0.6) is 0 Å². The Hall–Kier alpha value is -2.10. The minimum atomic E-state index is -1.39. The number of carbonyl (C=O) groups is 2. The van der Waals surface area contributed by atoms with E-state index in [0.717, 1.165) is 5.57 Å². The molecule has 0 aliphatic rings. The zero-order valence-electron chi connectivity index (χ0n) is 12.8. The molecule has 0 spiro atoms. The summed E-state index contributed by atoms with van der Waals surface area (Å²) in [5.41, 5.74) is 0.0902. The van der Waals surface area contributed by atoms with Crippen molar-refractivity contribution in [3.8, 4) is 0 Å². The summed E-state index contributed by atoms with van der Waals surface area (Å²) in [6, 6.07) is 8.80. The van der Waals surface area contributed by atoms with E-state index >= 15 is 0 Å². The van der Waals surface area contributed by atoms with Crippen molar-refractivity contribution < 1.29 is 14.7 Å². The smallest absolute Gasteiger partial charge is 0.334 e. The molecule has 21 heavy (non-hydrogen) atoms. The van der Waals surface area contributed by atoms with Gasteiger partial charge in [0.2, 0.25) is 5.91 Å². The highest BCUT2D eigenvalue weighted by Gasteiger charge is 2.40. The van der Waals surface area contributed by atoms with E-state index in [-0.39, 0.29) is 18.2 Å². The lowest BCUT2D eigenvalue weighted by atomic mass is 9.86. The van der Waals surface area contributed by atoms with Crippen LogP contribution < -0.4 is 5.32 Å². The number of rotatable bonds is 7. The van der Waals surface area contributed by atoms with E-state index in [1.807, 2.05) is 13.0 Å². The van der Waals surface area contributed by atoms with Crippen molar-refractivity contribution in [3.63, 3.8) is 0 Å². The van der Waals surface area contributed by atoms with E-state index < -0.39 is 11.5 Å². The summed E-state index contributed by atoms with van der Waals surface area (Å²) < 4.78 is 0. The Morgan fingerprint density at radius 2 is 1.90 bits per heavy atom. The van der Waals surface area contributed by atoms with Gasteiger partial charge in [-0.1, -0.05) is 49.8 Å². The summed E-state index contributed by atoms with van der Waals surface area (Å²) in [4.78, 5) is 24.1. The van der Waals surface area contributed by atoms with Crippen LogP contribution in [0.4, 0.5) is 0 Å². The molecule has 0 radical (unpaired) electrons. The predicted molar refractivity (Wildman–Crippen MR) is 82.8 cm³/mol. The monoisotopic (exact) mass is 289 g/mol. The molecule has 1 rings (SSSR count). The maximum atomic E-state index is 12.3. The number of amides is 1. The fourth-order valence-corrected chi connectivity index (χ4v) is 2.36. The van der Waals surface area contributed by atoms with Crippen molar-refractivity contribution in [2.75, 3.05) is 0 Å². The van der Waals surface area contributed by atoms with Crippen molar-refractivity contribution in [2.45, 2.75) is 39.2 Å². The molecular formula is C17H23NO3. The van der Waals surface area contributed by atoms with Crippen molar-refractivity contribution in [1.82, 2.24) is 5.32 Å². The number of hydrogen-bond acceptors (Lipinski definition) is 2. The standard InChI is InChI=1S/C17H23NO3/c1-5-17(16(20)21,14-9-7-6-8-10-14)18-15(19)13(4)11-12(2)3/h6-10,13H,2,5,11H2,1,3-4H3,(H,18,19)(H,20,21). The fourth-order valence-electron chi connectivity index (χ4n) is 2.36. The lowest BCUT2D eigenvalue weighted by Gasteiger charge is -2.31. The van der Waals surface area contributed by atoms with Gasteiger partial charge in [-0.05, 0) is 25.3 Å². The minimum absolute atomic E-state index is 0.272. The van der Waals surface area contributed by atoms with Gasteiger partial charge in [0.05, 0.1) is 0 Å². The average molecular weight is 289 g/mol. The van der Waals surface area contributed by atoms with E-state index in [4.69, 9.17) is 0 Å². The molecule has 2 unspecified atom stereocenters. The maximum absolute atomic E-state index is 12.3. The van der Waals surface area contributed by atoms with Gasteiger partial charge in [-0.3, -0.25) is 4.79 Å². The highest BCUT2D eigenvalue weighted by Crippen LogP contribution is 2.26. The number of allylic oxidation sites excluding steroid dienone is 1. The molecule has 0 fully saturated rings. The van der Waals surface area contributed by atoms with Gasteiger partial charge < -0.3 is 10.4 Å². The van der Waals surface area contributed by atoms with E-state index in [0.29, 0.717) is 12.0 Å². The lowest BCUT2D eigenvalue weighted by Crippen LogP contribution is -2.52. The molecule has 4 heteroatoms. The summed E-state index contributed by atoms with van der Waals surface area (Å²) in [5, 5.41) is 12.4. The summed E-state index contributed by atoms with van der Waals surface area (Å²) >= 11 is 0. The highest BCUT2D eigenvalue weighted by atomic mass is 16.4. The van der Waals surface area contributed by atoms with E-state index in [9.17, 15) is 14.7 Å². The molecule has 0 heterocycles. The van der Waals surface area contributed by atoms with Gasteiger partial charge in [0, 0.05) is 5.92 Å². The van der Waals surface area contributed by atoms with Gasteiger partial charge in [0.25, 0.3) is 0 Å². The molecule has 2 N–H and O–H groups in total. The molecule has 0 bridgehead atoms. The normalized spacial score (nSPS) is 14.8. The zero-order chi connectivity index (χ0) is 16.0. The van der Waals surface area contributed by atoms with Crippen LogP contribution in [0.2, 0.25) is 0 Å². The fraction of sp³-hybridized carbons (Fsp3) is 0.412. The first kappa shape index (κ1) is 17.0. The molecular weight excluding hydrogens is 266 g/mol. The van der Waals surface area contributed by atoms with Gasteiger partial charge in [0.1, 0.15) is 0 Å². The summed E-state index contributed by atoms with van der Waals surface area (Å²) in [5.74, 6) is -1.63. The Morgan fingerprint density at radius 1 is 1.33 bits per heavy atom. The Kier molecular flexibility index (Phi) is 5.70. The molecule has 0 saturated heterocycles. The van der Waals surface area contributed by atoms with E-state index in [1.165, 1.54) is 0 Å². The molecule has 0 aliphatic carbocycles. The second-order valence-electron chi connectivity index (χ2n) is 5.48. The number of hydrogen-bond donors (Lipinski definition) is 2. The SMILES string of the molecule is C=C(C)CC(C)C(=O)NC(CC)(C(=O)O)c1ccccc1. The van der Waals surface area contributed by atoms with Gasteiger partial charge in [-0.2, -0.15) is 0 Å². The third-order valence-electron chi connectivity index (χ3n) is 3.60. The highest BCUT2D eigenvalue weighted by molar-refractivity contribution is 5.89. The maximum Gasteiger partial charge on any atom is 0.334 e. The number of carboxylic acid groups (broad SMARTS) is 1. The van der Waals surface area contributed by atoms with Gasteiger partial charge in [0.15, 0.2) is 5.54 Å². The number of carboxylic acids is 1. The third kappa shape index (κ3) is 3.94. The van der Waals surface area contributed by atoms with Crippen molar-refractivity contribution in [3.05, 3.63) is 48.0 Å². The Balaban J connectivity index is 3.08. The Labute approximate surface area is 125 Å². The third-order valence-corrected chi connectivity index (χ3v) is 3.60. The second kappa shape index (κ2) is 7.07. The van der Waals surface area contributed by atoms with Crippen molar-refractivity contribution >= 4 is 11.9 Å². The zero-order valence-corrected chi connectivity index (χ0v) is 12.8. The number of aliphatic carboxylic acids is 1. The van der Waals surface area contributed by atoms with Gasteiger partial charge in [-0.15, -0.1) is 6.58 Å². The molecule has 1 aromatic carbocycles. The van der Waals surface area contributed by atoms with Crippen LogP contribution in [0, 0.1) is 5.92 Å². The van der Waals surface area contributed by atoms with Gasteiger partial charge in [-0.25, -0.2) is 4.79 Å². The molecule has 2 atom stereocenters. The van der Waals surface area contributed by atoms with Crippen molar-refractivity contribution in [1.29, 1.82) is 0 Å². The van der Waals surface area contributed by atoms with Gasteiger partial charge >= 0.3 is 5.97 Å². The molecule has 4 nitrogen and oxygen atoms in total. The number of carbonyl (C=O) groups excluding carboxylic acids is 1. The molecule has 0 saturated carbocycles. The first-order valence-electron chi connectivity index (χ1n) is 7.08. The molecule has 114 valence electrons. The first-order chi connectivity index (χ1) is 9.83. The van der Waals surface area contributed by atoms with Crippen LogP contribution in [-0.4, -0.2) is 17.0 Å². The predicted octanol–water partition coefficient (Wildman–Crippen LogP) is 3.10. The van der Waals surface area contributed by atoms with Crippen LogP contribution in [0.25, 0.3) is 0 Å². The molecule has 1 amide bonds. The number of benzene rings is 1. The lowest BCUT2D eigenvalue weighted by molar-refractivity contribution is -0.149. The molecule has 0 aromatic heterocycles. The van der Waals surface area contributed by atoms with E-state index in [2.05, 4.69) is 11.9 Å². The summed E-state index contributed by atoms with van der Waals surface area (Å²) in [6.07, 6.45) is 0.817. The summed E-state index contributed by atoms with van der Waals surface area (Å²) in [7, 11) is 0. The van der Waals surface area contributed by atoms with Crippen LogP contribution in [0.3, 0.4) is 0 Å². The Bertz CT molecular complexity index is 524. The quantitative estimate of drug-likeness (QED) is 0.758. The van der Waals surface area contributed by atoms with Crippen LogP contribution in [-0.2, 0) is 15.1 Å². The second-order valence-corrected chi connectivity index (χ2v) is 5.48. The van der Waals surface area contributed by atoms with Crippen LogP contribution in [0.1, 0.15) is 39.2 Å². The topological polar surface area (TPSA) is 66.4 Å². The van der Waals surface area contributed by atoms with E-state index in [1.54, 1.807) is 38.1 Å². The van der Waals surface area contributed by atoms with Crippen molar-refractivity contribution in [2.24, 2.45) is 5.92 Å². The minimum Gasteiger partial charge on any atom is -0.479 e. The average Bonchev–Trinajstić information content (AvgIpc) is 2.44. The van der Waals surface area contributed by atoms with Crippen LogP contribution in [0.15, 0.2) is 42.5 Å². The first-order valence-corrected chi connectivity index (χ1v) is 7.08. The largest absolute Gasteiger partial charge is 0.479 e.